The van der Waals surface area contributed by atoms with Gasteiger partial charge in [0.25, 0.3) is 10.0 Å². The Labute approximate surface area is 155 Å². The van der Waals surface area contributed by atoms with Gasteiger partial charge in [-0.1, -0.05) is 5.16 Å². The number of nitrogens with one attached hydrogen (secondary N) is 2. The lowest BCUT2D eigenvalue weighted by Crippen LogP contribution is -2.15. The van der Waals surface area contributed by atoms with E-state index >= 15 is 0 Å². The Kier molecular flexibility index (Phi) is 5.12. The van der Waals surface area contributed by atoms with Crippen LogP contribution >= 0.6 is 0 Å². The zero-order valence-electron chi connectivity index (χ0n) is 14.8. The predicted octanol–water partition coefficient (Wildman–Crippen LogP) is 2.33. The van der Waals surface area contributed by atoms with Crippen LogP contribution in [-0.2, 0) is 10.0 Å². The molecule has 0 fully saturated rings. The summed E-state index contributed by atoms with van der Waals surface area (Å²) in [4.78, 5) is -0.0774. The van der Waals surface area contributed by atoms with E-state index in [1.807, 2.05) is 0 Å². The molecule has 0 bridgehead atoms. The Hall–Kier alpha value is -3.34. The fourth-order valence-corrected chi connectivity index (χ4v) is 3.38. The van der Waals surface area contributed by atoms with Crippen LogP contribution in [0.3, 0.4) is 0 Å². The first-order chi connectivity index (χ1) is 12.9. The maximum Gasteiger partial charge on any atom is 0.266 e. The molecule has 0 amide bonds. The van der Waals surface area contributed by atoms with Crippen molar-refractivity contribution >= 4 is 27.5 Å². The average Bonchev–Trinajstić information content (AvgIpc) is 3.07. The first kappa shape index (κ1) is 18.5. The van der Waals surface area contributed by atoms with Crippen LogP contribution in [0, 0.1) is 6.92 Å². The number of anilines is 3. The first-order valence-corrected chi connectivity index (χ1v) is 9.18. The molecule has 3 rings (SSSR count). The summed E-state index contributed by atoms with van der Waals surface area (Å²) in [6.45, 7) is 1.76. The quantitative estimate of drug-likeness (QED) is 0.623. The molecule has 2 aromatic heterocycles. The number of benzene rings is 1. The number of hydrogen-bond donors (Lipinski definition) is 2. The molecule has 2 heterocycles. The lowest BCUT2D eigenvalue weighted by atomic mass is 10.3. The van der Waals surface area contributed by atoms with Gasteiger partial charge in [-0.25, -0.2) is 8.42 Å². The van der Waals surface area contributed by atoms with Gasteiger partial charge in [-0.05, 0) is 31.2 Å². The minimum absolute atomic E-state index is 0.0433. The van der Waals surface area contributed by atoms with E-state index in [0.717, 1.165) is 0 Å². The zero-order chi connectivity index (χ0) is 19.4. The smallest absolute Gasteiger partial charge is 0.266 e. The Bertz CT molecular complexity index is 1030. The minimum atomic E-state index is -3.96. The van der Waals surface area contributed by atoms with Crippen LogP contribution in [0.2, 0.25) is 0 Å². The fourth-order valence-electron chi connectivity index (χ4n) is 2.20. The summed E-state index contributed by atoms with van der Waals surface area (Å²) < 4.78 is 42.8. The summed E-state index contributed by atoms with van der Waals surface area (Å²) in [5, 5.41) is 14.4. The highest BCUT2D eigenvalue weighted by atomic mass is 32.2. The number of methoxy groups -OCH3 is 2. The third-order valence-corrected chi connectivity index (χ3v) is 4.82. The molecule has 11 heteroatoms. The number of sulfonamides is 1. The standard InChI is InChI=1S/C16H17N5O5S/c1-10-8-16(20-26-10)17-14-6-7-15(19-18-14)21-27(22,23)13-9-11(24-2)4-5-12(13)25-3/h4-9H,1-3H3,(H,19,21)(H,17,18,20). The van der Waals surface area contributed by atoms with E-state index in [1.165, 1.54) is 32.4 Å². The third kappa shape index (κ3) is 4.26. The molecule has 2 N–H and O–H groups in total. The molecule has 3 aromatic rings. The molecular formula is C16H17N5O5S. The van der Waals surface area contributed by atoms with Gasteiger partial charge < -0.3 is 19.3 Å². The van der Waals surface area contributed by atoms with Crippen molar-refractivity contribution < 1.29 is 22.4 Å². The maximum atomic E-state index is 12.7. The molecule has 0 spiro atoms. The van der Waals surface area contributed by atoms with Crippen molar-refractivity contribution in [3.63, 3.8) is 0 Å². The van der Waals surface area contributed by atoms with E-state index in [1.54, 1.807) is 25.1 Å². The Morgan fingerprint density at radius 1 is 0.963 bits per heavy atom. The van der Waals surface area contributed by atoms with Gasteiger partial charge in [0.05, 0.1) is 14.2 Å². The second-order valence-corrected chi connectivity index (χ2v) is 7.02. The minimum Gasteiger partial charge on any atom is -0.497 e. The van der Waals surface area contributed by atoms with Gasteiger partial charge in [-0.3, -0.25) is 4.72 Å². The Balaban J connectivity index is 1.80. The van der Waals surface area contributed by atoms with Crippen molar-refractivity contribution in [3.8, 4) is 11.5 Å². The third-order valence-electron chi connectivity index (χ3n) is 3.45. The normalized spacial score (nSPS) is 11.1. The number of aryl methyl sites for hydroxylation is 1. The highest BCUT2D eigenvalue weighted by molar-refractivity contribution is 7.92. The zero-order valence-corrected chi connectivity index (χ0v) is 15.6. The van der Waals surface area contributed by atoms with Gasteiger partial charge in [0.1, 0.15) is 22.2 Å². The van der Waals surface area contributed by atoms with Crippen molar-refractivity contribution in [1.29, 1.82) is 0 Å². The summed E-state index contributed by atoms with van der Waals surface area (Å²) >= 11 is 0. The predicted molar refractivity (Wildman–Crippen MR) is 96.9 cm³/mol. The van der Waals surface area contributed by atoms with E-state index in [0.29, 0.717) is 23.1 Å². The van der Waals surface area contributed by atoms with Gasteiger partial charge in [-0.15, -0.1) is 10.2 Å². The SMILES string of the molecule is COc1ccc(OC)c(S(=O)(=O)Nc2ccc(Nc3cc(C)on3)nn2)c1. The van der Waals surface area contributed by atoms with Crippen molar-refractivity contribution in [1.82, 2.24) is 15.4 Å². The molecule has 10 nitrogen and oxygen atoms in total. The van der Waals surface area contributed by atoms with E-state index in [2.05, 4.69) is 25.4 Å². The molecule has 0 aliphatic carbocycles. The number of nitrogens with zero attached hydrogens (tertiary/aromatic N) is 3. The van der Waals surface area contributed by atoms with Gasteiger partial charge in [-0.2, -0.15) is 0 Å². The lowest BCUT2D eigenvalue weighted by Gasteiger charge is -2.12. The summed E-state index contributed by atoms with van der Waals surface area (Å²) in [5.41, 5.74) is 0. The summed E-state index contributed by atoms with van der Waals surface area (Å²) in [5.74, 6) is 2.09. The van der Waals surface area contributed by atoms with Crippen molar-refractivity contribution in [2.45, 2.75) is 11.8 Å². The van der Waals surface area contributed by atoms with Crippen LogP contribution < -0.4 is 19.5 Å². The molecule has 0 radical (unpaired) electrons. The Morgan fingerprint density at radius 2 is 1.70 bits per heavy atom. The van der Waals surface area contributed by atoms with E-state index in [-0.39, 0.29) is 16.5 Å². The summed E-state index contributed by atoms with van der Waals surface area (Å²) in [7, 11) is -1.14. The van der Waals surface area contributed by atoms with Gasteiger partial charge in [0.15, 0.2) is 17.5 Å². The van der Waals surface area contributed by atoms with Crippen LogP contribution in [0.5, 0.6) is 11.5 Å². The second kappa shape index (κ2) is 7.50. The first-order valence-electron chi connectivity index (χ1n) is 7.70. The summed E-state index contributed by atoms with van der Waals surface area (Å²) in [6.07, 6.45) is 0. The number of aromatic nitrogens is 3. The van der Waals surface area contributed by atoms with Crippen molar-refractivity contribution in [2.24, 2.45) is 0 Å². The highest BCUT2D eigenvalue weighted by Gasteiger charge is 2.21. The van der Waals surface area contributed by atoms with Crippen LogP contribution in [0.1, 0.15) is 5.76 Å². The van der Waals surface area contributed by atoms with E-state index < -0.39 is 10.0 Å². The van der Waals surface area contributed by atoms with Gasteiger partial charge in [0, 0.05) is 12.1 Å². The van der Waals surface area contributed by atoms with Gasteiger partial charge >= 0.3 is 0 Å². The molecule has 0 saturated carbocycles. The molecule has 0 aliphatic rings. The number of ether oxygens (including phenoxy) is 2. The average molecular weight is 391 g/mol. The number of rotatable bonds is 7. The van der Waals surface area contributed by atoms with Crippen LogP contribution in [0.25, 0.3) is 0 Å². The largest absolute Gasteiger partial charge is 0.497 e. The fraction of sp³-hybridized carbons (Fsp3) is 0.188. The molecule has 0 unspecified atom stereocenters. The molecule has 0 saturated heterocycles. The molecule has 1 aromatic carbocycles. The molecule has 0 aliphatic heterocycles. The van der Waals surface area contributed by atoms with Crippen molar-refractivity contribution in [2.75, 3.05) is 24.3 Å². The molecule has 0 atom stereocenters. The van der Waals surface area contributed by atoms with Crippen LogP contribution in [-0.4, -0.2) is 38.0 Å². The monoisotopic (exact) mass is 391 g/mol. The molecule has 142 valence electrons. The highest BCUT2D eigenvalue weighted by Crippen LogP contribution is 2.29. The van der Waals surface area contributed by atoms with Crippen molar-refractivity contribution in [3.05, 3.63) is 42.2 Å². The molecular weight excluding hydrogens is 374 g/mol. The van der Waals surface area contributed by atoms with E-state index in [9.17, 15) is 8.42 Å². The van der Waals surface area contributed by atoms with E-state index in [4.69, 9.17) is 14.0 Å². The molecule has 27 heavy (non-hydrogen) atoms. The Morgan fingerprint density at radius 3 is 2.30 bits per heavy atom. The van der Waals surface area contributed by atoms with Gasteiger partial charge in [0.2, 0.25) is 0 Å². The lowest BCUT2D eigenvalue weighted by molar-refractivity contribution is 0.392. The summed E-state index contributed by atoms with van der Waals surface area (Å²) in [6, 6.07) is 9.17. The van der Waals surface area contributed by atoms with Crippen LogP contribution in [0.15, 0.2) is 45.8 Å². The number of hydrogen-bond acceptors (Lipinski definition) is 9. The topological polar surface area (TPSA) is 128 Å². The maximum absolute atomic E-state index is 12.7. The van der Waals surface area contributed by atoms with Crippen LogP contribution in [0.4, 0.5) is 17.5 Å². The second-order valence-electron chi connectivity index (χ2n) is 5.37.